The number of hydrogen-bond donors (Lipinski definition) is 2. The second kappa shape index (κ2) is 12.6. The zero-order chi connectivity index (χ0) is 25.3. The van der Waals surface area contributed by atoms with Crippen LogP contribution < -0.4 is 24.2 Å². The third-order valence-electron chi connectivity index (χ3n) is 5.09. The Morgan fingerprint density at radius 3 is 2.21 bits per heavy atom. The summed E-state index contributed by atoms with van der Waals surface area (Å²) in [7, 11) is -0.936. The summed E-state index contributed by atoms with van der Waals surface area (Å²) in [6, 6.07) is 9.03. The molecule has 0 unspecified atom stereocenters. The number of ether oxygens (including phenoxy) is 3. The molecule has 0 fully saturated rings. The fraction of sp³-hybridized carbons (Fsp3) is 0.458. The van der Waals surface area contributed by atoms with Crippen LogP contribution in [0.15, 0.2) is 41.3 Å². The van der Waals surface area contributed by atoms with Crippen molar-refractivity contribution in [1.82, 2.24) is 9.62 Å². The molecule has 188 valence electrons. The monoisotopic (exact) mass is 493 g/mol. The first-order chi connectivity index (χ1) is 16.1. The van der Waals surface area contributed by atoms with E-state index in [1.54, 1.807) is 39.2 Å². The molecule has 9 nitrogen and oxygen atoms in total. The van der Waals surface area contributed by atoms with Gasteiger partial charge in [-0.25, -0.2) is 13.1 Å². The van der Waals surface area contributed by atoms with Gasteiger partial charge < -0.3 is 24.4 Å². The van der Waals surface area contributed by atoms with Crippen LogP contribution in [0.25, 0.3) is 0 Å². The van der Waals surface area contributed by atoms with E-state index in [4.69, 9.17) is 14.2 Å². The molecule has 0 aliphatic rings. The molecule has 2 aromatic carbocycles. The minimum absolute atomic E-state index is 0.105. The first-order valence-electron chi connectivity index (χ1n) is 11.2. The Hall–Kier alpha value is -2.82. The van der Waals surface area contributed by atoms with E-state index in [-0.39, 0.29) is 22.3 Å². The van der Waals surface area contributed by atoms with Crippen molar-refractivity contribution in [2.75, 3.05) is 45.8 Å². The number of carbonyl (C=O) groups excluding carboxylic acids is 1. The van der Waals surface area contributed by atoms with Crippen molar-refractivity contribution in [3.63, 3.8) is 0 Å². The van der Waals surface area contributed by atoms with Gasteiger partial charge in [-0.05, 0) is 57.3 Å². The Bertz CT molecular complexity index is 1070. The summed E-state index contributed by atoms with van der Waals surface area (Å²) in [4.78, 5) is 15.0. The highest BCUT2D eigenvalue weighted by Gasteiger charge is 2.22. The van der Waals surface area contributed by atoms with Crippen LogP contribution in [0.4, 0.5) is 5.69 Å². The molecule has 34 heavy (non-hydrogen) atoms. The highest BCUT2D eigenvalue weighted by Crippen LogP contribution is 2.31. The second-order valence-corrected chi connectivity index (χ2v) is 9.52. The summed E-state index contributed by atoms with van der Waals surface area (Å²) in [5, 5.41) is 2.79. The number of sulfonamides is 1. The van der Waals surface area contributed by atoms with E-state index in [0.717, 1.165) is 19.6 Å². The molecule has 2 rings (SSSR count). The van der Waals surface area contributed by atoms with Crippen molar-refractivity contribution >= 4 is 21.6 Å². The Kier molecular flexibility index (Phi) is 10.2. The van der Waals surface area contributed by atoms with Crippen LogP contribution in [-0.4, -0.2) is 65.7 Å². The van der Waals surface area contributed by atoms with Crippen LogP contribution in [0.3, 0.4) is 0 Å². The quantitative estimate of drug-likeness (QED) is 0.441. The van der Waals surface area contributed by atoms with Gasteiger partial charge in [0.15, 0.2) is 11.5 Å². The average molecular weight is 494 g/mol. The molecule has 10 heteroatoms. The molecular weight excluding hydrogens is 458 g/mol. The molecule has 0 radical (unpaired) electrons. The van der Waals surface area contributed by atoms with E-state index >= 15 is 0 Å². The lowest BCUT2D eigenvalue weighted by atomic mass is 10.2. The molecule has 0 spiro atoms. The smallest absolute Gasteiger partial charge is 0.255 e. The van der Waals surface area contributed by atoms with Gasteiger partial charge in [0.2, 0.25) is 10.0 Å². The first kappa shape index (κ1) is 27.4. The second-order valence-electron chi connectivity index (χ2n) is 7.84. The fourth-order valence-electron chi connectivity index (χ4n) is 3.30. The van der Waals surface area contributed by atoms with E-state index in [2.05, 4.69) is 28.8 Å². The summed E-state index contributed by atoms with van der Waals surface area (Å²) in [5.74, 6) is 0.739. The minimum Gasteiger partial charge on any atom is -0.495 e. The molecule has 0 aromatic heterocycles. The maximum Gasteiger partial charge on any atom is 0.255 e. The minimum atomic E-state index is -3.86. The fourth-order valence-corrected chi connectivity index (χ4v) is 4.74. The van der Waals surface area contributed by atoms with Crippen molar-refractivity contribution in [2.24, 2.45) is 0 Å². The molecule has 0 aliphatic heterocycles. The topological polar surface area (TPSA) is 106 Å². The normalized spacial score (nSPS) is 11.5. The van der Waals surface area contributed by atoms with Crippen molar-refractivity contribution in [3.8, 4) is 17.2 Å². The number of carbonyl (C=O) groups is 1. The Balaban J connectivity index is 2.24. The van der Waals surface area contributed by atoms with Gasteiger partial charge in [0.25, 0.3) is 5.91 Å². The summed E-state index contributed by atoms with van der Waals surface area (Å²) in [6.07, 6.45) is 0. The first-order valence-corrected chi connectivity index (χ1v) is 12.7. The molecule has 0 saturated carbocycles. The van der Waals surface area contributed by atoms with Gasteiger partial charge >= 0.3 is 0 Å². The summed E-state index contributed by atoms with van der Waals surface area (Å²) in [5.41, 5.74) is 0.661. The predicted octanol–water partition coefficient (Wildman–Crippen LogP) is 3.36. The zero-order valence-corrected chi connectivity index (χ0v) is 21.5. The van der Waals surface area contributed by atoms with E-state index in [1.165, 1.54) is 25.3 Å². The van der Waals surface area contributed by atoms with Gasteiger partial charge in [0.05, 0.1) is 14.2 Å². The van der Waals surface area contributed by atoms with E-state index in [1.807, 2.05) is 0 Å². The number of anilines is 1. The average Bonchev–Trinajstić information content (AvgIpc) is 2.80. The molecular formula is C24H35N3O6S. The van der Waals surface area contributed by atoms with Gasteiger partial charge in [-0.3, -0.25) is 4.79 Å². The maximum absolute atomic E-state index is 12.9. The third-order valence-corrected chi connectivity index (χ3v) is 6.77. The summed E-state index contributed by atoms with van der Waals surface area (Å²) < 4.78 is 44.4. The van der Waals surface area contributed by atoms with Gasteiger partial charge in [0.1, 0.15) is 17.3 Å². The Morgan fingerprint density at radius 2 is 1.62 bits per heavy atom. The summed E-state index contributed by atoms with van der Waals surface area (Å²) in [6.45, 7) is 10.7. The standard InChI is InChI=1S/C24H35N3O6S/c1-7-27(8-2)13-14-33-22-16-19(10-12-20(22)31-5)25-24(28)18-9-11-21(32-6)23(15-18)34(29,30)26-17(3)4/h9-12,15-17,26H,7-8,13-14H2,1-6H3,(H,25,28). The van der Waals surface area contributed by atoms with E-state index in [9.17, 15) is 13.2 Å². The van der Waals surface area contributed by atoms with Gasteiger partial charge in [-0.15, -0.1) is 0 Å². The van der Waals surface area contributed by atoms with Gasteiger partial charge in [0, 0.05) is 29.9 Å². The van der Waals surface area contributed by atoms with Crippen LogP contribution in [0.5, 0.6) is 17.2 Å². The summed E-state index contributed by atoms with van der Waals surface area (Å²) >= 11 is 0. The zero-order valence-electron chi connectivity index (χ0n) is 20.7. The molecule has 2 aromatic rings. The van der Waals surface area contributed by atoms with Crippen molar-refractivity contribution in [3.05, 3.63) is 42.0 Å². The molecule has 0 atom stereocenters. The molecule has 0 heterocycles. The van der Waals surface area contributed by atoms with Crippen LogP contribution in [0.1, 0.15) is 38.1 Å². The number of amides is 1. The number of hydrogen-bond acceptors (Lipinski definition) is 7. The van der Waals surface area contributed by atoms with Crippen LogP contribution in [-0.2, 0) is 10.0 Å². The maximum atomic E-state index is 12.9. The SMILES string of the molecule is CCN(CC)CCOc1cc(NC(=O)c2ccc(OC)c(S(=O)(=O)NC(C)C)c2)ccc1OC. The number of nitrogens with one attached hydrogen (secondary N) is 2. The molecule has 2 N–H and O–H groups in total. The largest absolute Gasteiger partial charge is 0.495 e. The third kappa shape index (κ3) is 7.34. The number of methoxy groups -OCH3 is 2. The lowest BCUT2D eigenvalue weighted by Gasteiger charge is -2.19. The highest BCUT2D eigenvalue weighted by atomic mass is 32.2. The Morgan fingerprint density at radius 1 is 0.971 bits per heavy atom. The number of benzene rings is 2. The molecule has 0 bridgehead atoms. The lowest BCUT2D eigenvalue weighted by molar-refractivity contribution is 0.102. The van der Waals surface area contributed by atoms with E-state index in [0.29, 0.717) is 23.8 Å². The van der Waals surface area contributed by atoms with Crippen LogP contribution >= 0.6 is 0 Å². The number of likely N-dealkylation sites (N-methyl/N-ethyl adjacent to an activating group) is 1. The number of nitrogens with zero attached hydrogens (tertiary/aromatic N) is 1. The van der Waals surface area contributed by atoms with Crippen LogP contribution in [0, 0.1) is 0 Å². The molecule has 0 saturated heterocycles. The van der Waals surface area contributed by atoms with Gasteiger partial charge in [-0.2, -0.15) is 0 Å². The molecule has 1 amide bonds. The predicted molar refractivity (Wildman–Crippen MR) is 133 cm³/mol. The van der Waals surface area contributed by atoms with Crippen molar-refractivity contribution < 1.29 is 27.4 Å². The van der Waals surface area contributed by atoms with Crippen LogP contribution in [0.2, 0.25) is 0 Å². The van der Waals surface area contributed by atoms with Crippen molar-refractivity contribution in [1.29, 1.82) is 0 Å². The highest BCUT2D eigenvalue weighted by molar-refractivity contribution is 7.89. The van der Waals surface area contributed by atoms with Gasteiger partial charge in [-0.1, -0.05) is 13.8 Å². The Labute approximate surface area is 202 Å². The van der Waals surface area contributed by atoms with E-state index < -0.39 is 15.9 Å². The van der Waals surface area contributed by atoms with Crippen molar-refractivity contribution in [2.45, 2.75) is 38.6 Å². The lowest BCUT2D eigenvalue weighted by Crippen LogP contribution is -2.30. The molecule has 0 aliphatic carbocycles. The number of rotatable bonds is 13.